The molecule has 1 saturated carbocycles. The van der Waals surface area contributed by atoms with Gasteiger partial charge in [0.15, 0.2) is 11.5 Å². The lowest BCUT2D eigenvalue weighted by Crippen LogP contribution is -2.26. The van der Waals surface area contributed by atoms with Gasteiger partial charge in [-0.25, -0.2) is 0 Å². The van der Waals surface area contributed by atoms with E-state index >= 15 is 0 Å². The van der Waals surface area contributed by atoms with Crippen molar-refractivity contribution in [1.82, 2.24) is 5.32 Å². The van der Waals surface area contributed by atoms with E-state index in [0.29, 0.717) is 12.1 Å². The highest BCUT2D eigenvalue weighted by Gasteiger charge is 2.36. The number of methoxy groups -OCH3 is 1. The zero-order valence-electron chi connectivity index (χ0n) is 11.2. The van der Waals surface area contributed by atoms with Crippen molar-refractivity contribution < 1.29 is 9.47 Å². The summed E-state index contributed by atoms with van der Waals surface area (Å²) >= 11 is 3.54. The Kier molecular flexibility index (Phi) is 4.17. The SMILES string of the molecule is CCOc1c(Br)cc(CNC2(C)CC2)cc1OC. The fourth-order valence-electron chi connectivity index (χ4n) is 1.84. The molecular weight excluding hydrogens is 294 g/mol. The molecule has 0 heterocycles. The van der Waals surface area contributed by atoms with Crippen molar-refractivity contribution in [3.63, 3.8) is 0 Å². The van der Waals surface area contributed by atoms with Crippen molar-refractivity contribution in [2.45, 2.75) is 38.8 Å². The first-order valence-electron chi connectivity index (χ1n) is 6.32. The van der Waals surface area contributed by atoms with Crippen molar-refractivity contribution in [2.75, 3.05) is 13.7 Å². The van der Waals surface area contributed by atoms with Crippen molar-refractivity contribution in [3.05, 3.63) is 22.2 Å². The van der Waals surface area contributed by atoms with E-state index in [0.717, 1.165) is 22.5 Å². The van der Waals surface area contributed by atoms with Gasteiger partial charge in [-0.2, -0.15) is 0 Å². The molecule has 0 radical (unpaired) electrons. The van der Waals surface area contributed by atoms with E-state index in [9.17, 15) is 0 Å². The Hall–Kier alpha value is -0.740. The quantitative estimate of drug-likeness (QED) is 0.872. The molecule has 18 heavy (non-hydrogen) atoms. The highest BCUT2D eigenvalue weighted by atomic mass is 79.9. The maximum atomic E-state index is 5.58. The number of nitrogens with one attached hydrogen (secondary N) is 1. The fraction of sp³-hybridized carbons (Fsp3) is 0.571. The molecule has 0 aliphatic heterocycles. The lowest BCUT2D eigenvalue weighted by molar-refractivity contribution is 0.308. The van der Waals surface area contributed by atoms with E-state index in [4.69, 9.17) is 9.47 Å². The van der Waals surface area contributed by atoms with E-state index in [-0.39, 0.29) is 0 Å². The van der Waals surface area contributed by atoms with E-state index in [1.165, 1.54) is 18.4 Å². The summed E-state index contributed by atoms with van der Waals surface area (Å²) in [5, 5.41) is 3.56. The molecular formula is C14H20BrNO2. The van der Waals surface area contributed by atoms with Crippen LogP contribution in [0.2, 0.25) is 0 Å². The van der Waals surface area contributed by atoms with E-state index in [2.05, 4.69) is 34.2 Å². The smallest absolute Gasteiger partial charge is 0.175 e. The van der Waals surface area contributed by atoms with Crippen LogP contribution in [0, 0.1) is 0 Å². The van der Waals surface area contributed by atoms with Gasteiger partial charge in [0, 0.05) is 12.1 Å². The van der Waals surface area contributed by atoms with E-state index in [1.807, 2.05) is 13.0 Å². The predicted octanol–water partition coefficient (Wildman–Crippen LogP) is 3.50. The number of benzene rings is 1. The molecule has 1 aromatic carbocycles. The van der Waals surface area contributed by atoms with Crippen molar-refractivity contribution >= 4 is 15.9 Å². The van der Waals surface area contributed by atoms with Gasteiger partial charge in [0.1, 0.15) is 0 Å². The second kappa shape index (κ2) is 5.49. The molecule has 3 nitrogen and oxygen atoms in total. The van der Waals surface area contributed by atoms with E-state index < -0.39 is 0 Å². The zero-order chi connectivity index (χ0) is 13.2. The number of hydrogen-bond acceptors (Lipinski definition) is 3. The predicted molar refractivity (Wildman–Crippen MR) is 76.3 cm³/mol. The molecule has 1 aliphatic rings. The highest BCUT2D eigenvalue weighted by molar-refractivity contribution is 9.10. The summed E-state index contributed by atoms with van der Waals surface area (Å²) in [4.78, 5) is 0. The summed E-state index contributed by atoms with van der Waals surface area (Å²) in [5.41, 5.74) is 1.55. The van der Waals surface area contributed by atoms with Crippen molar-refractivity contribution in [1.29, 1.82) is 0 Å². The molecule has 1 fully saturated rings. The van der Waals surface area contributed by atoms with Crippen LogP contribution in [-0.2, 0) is 6.54 Å². The molecule has 0 aromatic heterocycles. The van der Waals surface area contributed by atoms with E-state index in [1.54, 1.807) is 7.11 Å². The normalized spacial score (nSPS) is 16.4. The topological polar surface area (TPSA) is 30.5 Å². The second-order valence-corrected chi connectivity index (χ2v) is 5.81. The molecule has 0 bridgehead atoms. The molecule has 0 atom stereocenters. The maximum Gasteiger partial charge on any atom is 0.175 e. The molecule has 0 spiro atoms. The minimum atomic E-state index is 0.346. The molecule has 4 heteroatoms. The standard InChI is InChI=1S/C14H20BrNO2/c1-4-18-13-11(15)7-10(8-12(13)17-3)9-16-14(2)5-6-14/h7-8,16H,4-6,9H2,1-3H3. The molecule has 0 saturated heterocycles. The lowest BCUT2D eigenvalue weighted by Gasteiger charge is -2.15. The molecule has 0 unspecified atom stereocenters. The van der Waals surface area contributed by atoms with Gasteiger partial charge in [-0.15, -0.1) is 0 Å². The summed E-state index contributed by atoms with van der Waals surface area (Å²) in [7, 11) is 1.67. The van der Waals surface area contributed by atoms with Crippen LogP contribution in [0.3, 0.4) is 0 Å². The Morgan fingerprint density at radius 2 is 2.11 bits per heavy atom. The Labute approximate surface area is 117 Å². The van der Waals surface area contributed by atoms with Gasteiger partial charge in [-0.3, -0.25) is 0 Å². The van der Waals surface area contributed by atoms with Crippen LogP contribution in [0.15, 0.2) is 16.6 Å². The molecule has 1 aliphatic carbocycles. The van der Waals surface area contributed by atoms with Crippen molar-refractivity contribution in [2.24, 2.45) is 0 Å². The Morgan fingerprint density at radius 1 is 1.39 bits per heavy atom. The zero-order valence-corrected chi connectivity index (χ0v) is 12.8. The van der Waals surface area contributed by atoms with Gasteiger partial charge in [0.25, 0.3) is 0 Å². The third kappa shape index (κ3) is 3.18. The largest absolute Gasteiger partial charge is 0.493 e. The van der Waals surface area contributed by atoms with Gasteiger partial charge in [0.05, 0.1) is 18.2 Å². The van der Waals surface area contributed by atoms with Crippen molar-refractivity contribution in [3.8, 4) is 11.5 Å². The molecule has 0 amide bonds. The average Bonchev–Trinajstić information content (AvgIpc) is 3.08. The summed E-state index contributed by atoms with van der Waals surface area (Å²) < 4.78 is 11.9. The first kappa shape index (κ1) is 13.7. The summed E-state index contributed by atoms with van der Waals surface area (Å²) in [6, 6.07) is 4.13. The number of rotatable bonds is 6. The van der Waals surface area contributed by atoms with Crippen LogP contribution in [-0.4, -0.2) is 19.3 Å². The highest BCUT2D eigenvalue weighted by Crippen LogP contribution is 2.38. The first-order valence-corrected chi connectivity index (χ1v) is 7.11. The number of ether oxygens (including phenoxy) is 2. The van der Waals surface area contributed by atoms with Gasteiger partial charge >= 0.3 is 0 Å². The number of halogens is 1. The third-order valence-corrected chi connectivity index (χ3v) is 3.89. The fourth-order valence-corrected chi connectivity index (χ4v) is 2.44. The Balaban J connectivity index is 2.13. The van der Waals surface area contributed by atoms with Crippen LogP contribution < -0.4 is 14.8 Å². The van der Waals surface area contributed by atoms with Crippen LogP contribution in [0.25, 0.3) is 0 Å². The van der Waals surface area contributed by atoms with Crippen LogP contribution in [0.5, 0.6) is 11.5 Å². The number of hydrogen-bond donors (Lipinski definition) is 1. The van der Waals surface area contributed by atoms with Gasteiger partial charge in [-0.05, 0) is 60.3 Å². The molecule has 2 rings (SSSR count). The van der Waals surface area contributed by atoms with Gasteiger partial charge in [-0.1, -0.05) is 0 Å². The summed E-state index contributed by atoms with van der Waals surface area (Å²) in [5.74, 6) is 1.56. The Bertz CT molecular complexity index is 430. The summed E-state index contributed by atoms with van der Waals surface area (Å²) in [6.45, 7) is 5.71. The molecule has 100 valence electrons. The van der Waals surface area contributed by atoms with Crippen LogP contribution in [0.4, 0.5) is 0 Å². The molecule has 1 N–H and O–H groups in total. The third-order valence-electron chi connectivity index (χ3n) is 3.30. The Morgan fingerprint density at radius 3 is 2.67 bits per heavy atom. The minimum absolute atomic E-state index is 0.346. The lowest BCUT2D eigenvalue weighted by atomic mass is 10.2. The monoisotopic (exact) mass is 313 g/mol. The second-order valence-electron chi connectivity index (χ2n) is 4.96. The van der Waals surface area contributed by atoms with Crippen LogP contribution >= 0.6 is 15.9 Å². The first-order chi connectivity index (χ1) is 8.58. The van der Waals surface area contributed by atoms with Crippen LogP contribution in [0.1, 0.15) is 32.3 Å². The average molecular weight is 314 g/mol. The maximum absolute atomic E-state index is 5.58. The molecule has 1 aromatic rings. The minimum Gasteiger partial charge on any atom is -0.493 e. The van der Waals surface area contributed by atoms with Gasteiger partial charge < -0.3 is 14.8 Å². The summed E-state index contributed by atoms with van der Waals surface area (Å²) in [6.07, 6.45) is 2.53. The van der Waals surface area contributed by atoms with Gasteiger partial charge in [0.2, 0.25) is 0 Å².